The number of pyridine rings is 1. The molecule has 2 N–H and O–H groups in total. The molecule has 0 atom stereocenters. The molecule has 1 amide bonds. The van der Waals surface area contributed by atoms with Gasteiger partial charge in [0.1, 0.15) is 5.82 Å². The van der Waals surface area contributed by atoms with E-state index in [4.69, 9.17) is 0 Å². The van der Waals surface area contributed by atoms with Crippen molar-refractivity contribution in [1.82, 2.24) is 19.9 Å². The first-order valence-electron chi connectivity index (χ1n) is 9.85. The van der Waals surface area contributed by atoms with E-state index in [1.165, 1.54) is 0 Å². The molecular formula is C21H29N5O2. The summed E-state index contributed by atoms with van der Waals surface area (Å²) < 4.78 is 0. The molecule has 2 aromatic rings. The lowest BCUT2D eigenvalue weighted by atomic mass is 9.95. The predicted octanol–water partition coefficient (Wildman–Crippen LogP) is 2.66. The van der Waals surface area contributed by atoms with E-state index in [1.807, 2.05) is 26.8 Å². The minimum absolute atomic E-state index is 0.0342. The molecule has 7 nitrogen and oxygen atoms in total. The third kappa shape index (κ3) is 4.65. The third-order valence-electron chi connectivity index (χ3n) is 4.91. The fraction of sp³-hybridized carbons (Fsp3) is 0.524. The second kappa shape index (κ2) is 8.22. The van der Waals surface area contributed by atoms with Crippen molar-refractivity contribution in [3.63, 3.8) is 0 Å². The summed E-state index contributed by atoms with van der Waals surface area (Å²) in [6.07, 6.45) is 5.95. The van der Waals surface area contributed by atoms with E-state index in [0.29, 0.717) is 13.1 Å². The molecular weight excluding hydrogens is 354 g/mol. The maximum Gasteiger partial charge on any atom is 0.255 e. The van der Waals surface area contributed by atoms with Gasteiger partial charge in [0, 0.05) is 61.5 Å². The van der Waals surface area contributed by atoms with E-state index in [0.717, 1.165) is 54.1 Å². The van der Waals surface area contributed by atoms with Crippen LogP contribution in [-0.4, -0.2) is 32.3 Å². The van der Waals surface area contributed by atoms with E-state index >= 15 is 0 Å². The van der Waals surface area contributed by atoms with Crippen LogP contribution in [0, 0.1) is 5.41 Å². The van der Waals surface area contributed by atoms with Crippen molar-refractivity contribution in [2.24, 2.45) is 5.41 Å². The van der Waals surface area contributed by atoms with Crippen LogP contribution in [0.4, 0.5) is 5.69 Å². The van der Waals surface area contributed by atoms with Gasteiger partial charge < -0.3 is 10.3 Å². The van der Waals surface area contributed by atoms with Crippen LogP contribution in [0.2, 0.25) is 0 Å². The van der Waals surface area contributed by atoms with Gasteiger partial charge in [-0.2, -0.15) is 0 Å². The van der Waals surface area contributed by atoms with Crippen molar-refractivity contribution in [1.29, 1.82) is 0 Å². The molecule has 1 aliphatic rings. The van der Waals surface area contributed by atoms with E-state index in [1.54, 1.807) is 12.4 Å². The molecule has 150 valence electrons. The van der Waals surface area contributed by atoms with E-state index in [9.17, 15) is 9.59 Å². The van der Waals surface area contributed by atoms with Crippen LogP contribution >= 0.6 is 0 Å². The number of aryl methyl sites for hydroxylation is 1. The monoisotopic (exact) mass is 383 g/mol. The molecule has 28 heavy (non-hydrogen) atoms. The highest BCUT2D eigenvalue weighted by Crippen LogP contribution is 2.23. The molecule has 0 bridgehead atoms. The van der Waals surface area contributed by atoms with Gasteiger partial charge in [-0.15, -0.1) is 0 Å². The van der Waals surface area contributed by atoms with Gasteiger partial charge >= 0.3 is 0 Å². The van der Waals surface area contributed by atoms with Gasteiger partial charge in [-0.05, 0) is 12.5 Å². The average molecular weight is 383 g/mol. The van der Waals surface area contributed by atoms with Gasteiger partial charge in [-0.1, -0.05) is 27.7 Å². The van der Waals surface area contributed by atoms with Crippen LogP contribution in [-0.2, 0) is 30.7 Å². The van der Waals surface area contributed by atoms with Crippen molar-refractivity contribution in [2.45, 2.75) is 60.0 Å². The first-order valence-corrected chi connectivity index (χ1v) is 9.85. The zero-order chi connectivity index (χ0) is 20.3. The Bertz CT molecular complexity index is 914. The highest BCUT2D eigenvalue weighted by molar-refractivity contribution is 5.95. The van der Waals surface area contributed by atoms with Crippen LogP contribution in [0.15, 0.2) is 23.3 Å². The molecule has 1 aliphatic heterocycles. The van der Waals surface area contributed by atoms with E-state index in [-0.39, 0.29) is 11.5 Å². The predicted molar refractivity (Wildman–Crippen MR) is 109 cm³/mol. The summed E-state index contributed by atoms with van der Waals surface area (Å²) in [7, 11) is 0. The lowest BCUT2D eigenvalue weighted by molar-refractivity contribution is -0.123. The summed E-state index contributed by atoms with van der Waals surface area (Å²) >= 11 is 0. The Morgan fingerprint density at radius 1 is 1.36 bits per heavy atom. The van der Waals surface area contributed by atoms with Gasteiger partial charge in [0.25, 0.3) is 5.56 Å². The van der Waals surface area contributed by atoms with Crippen LogP contribution in [0.3, 0.4) is 0 Å². The molecule has 0 aromatic carbocycles. The smallest absolute Gasteiger partial charge is 0.255 e. The number of carbonyl (C=O) groups is 1. The largest absolute Gasteiger partial charge is 0.325 e. The second-order valence-electron chi connectivity index (χ2n) is 8.39. The van der Waals surface area contributed by atoms with Crippen LogP contribution in [0.1, 0.15) is 56.8 Å². The number of anilines is 1. The quantitative estimate of drug-likeness (QED) is 0.828. The number of hydrogen-bond acceptors (Lipinski definition) is 5. The number of rotatable bonds is 5. The normalized spacial score (nSPS) is 14.6. The van der Waals surface area contributed by atoms with Crippen LogP contribution < -0.4 is 10.9 Å². The summed E-state index contributed by atoms with van der Waals surface area (Å²) in [6, 6.07) is 1.82. The topological polar surface area (TPSA) is 91.0 Å². The van der Waals surface area contributed by atoms with Crippen LogP contribution in [0.25, 0.3) is 0 Å². The van der Waals surface area contributed by atoms with Crippen molar-refractivity contribution in [2.75, 3.05) is 11.9 Å². The van der Waals surface area contributed by atoms with Crippen molar-refractivity contribution < 1.29 is 4.79 Å². The fourth-order valence-electron chi connectivity index (χ4n) is 3.25. The molecule has 0 saturated heterocycles. The summed E-state index contributed by atoms with van der Waals surface area (Å²) in [5.74, 6) is 0.743. The molecule has 0 unspecified atom stereocenters. The molecule has 0 saturated carbocycles. The van der Waals surface area contributed by atoms with Crippen molar-refractivity contribution in [3.05, 3.63) is 51.5 Å². The Morgan fingerprint density at radius 3 is 2.86 bits per heavy atom. The number of hydrogen-bond donors (Lipinski definition) is 2. The number of H-pyrrole nitrogens is 1. The Labute approximate surface area is 165 Å². The van der Waals surface area contributed by atoms with Gasteiger partial charge in [0.2, 0.25) is 5.91 Å². The van der Waals surface area contributed by atoms with E-state index < -0.39 is 5.41 Å². The maximum atomic E-state index is 12.5. The van der Waals surface area contributed by atoms with E-state index in [2.05, 4.69) is 32.1 Å². The molecule has 2 aromatic heterocycles. The highest BCUT2D eigenvalue weighted by atomic mass is 16.2. The molecule has 0 spiro atoms. The lowest BCUT2D eigenvalue weighted by Crippen LogP contribution is -2.36. The second-order valence-corrected chi connectivity index (χ2v) is 8.39. The molecule has 0 aliphatic carbocycles. The number of amides is 1. The zero-order valence-corrected chi connectivity index (χ0v) is 17.1. The number of aromatic nitrogens is 3. The summed E-state index contributed by atoms with van der Waals surface area (Å²) in [4.78, 5) is 38.8. The van der Waals surface area contributed by atoms with Gasteiger partial charge in [-0.25, -0.2) is 4.98 Å². The zero-order valence-electron chi connectivity index (χ0n) is 17.1. The first kappa shape index (κ1) is 20.2. The Hall–Kier alpha value is -2.54. The Balaban J connectivity index is 1.76. The lowest BCUT2D eigenvalue weighted by Gasteiger charge is -2.28. The maximum absolute atomic E-state index is 12.5. The standard InChI is InChI=1S/C21H29N5O2/c1-5-6-18-23-17-8-10-26(13-15(17)19(27)25-18)12-14-11-22-9-7-16(14)24-20(28)21(2,3)4/h7,9,11H,5-6,8,10,12-13H2,1-4H3,(H,22,24,28)(H,23,25,27). The minimum atomic E-state index is -0.472. The Kier molecular flexibility index (Phi) is 5.93. The molecule has 3 heterocycles. The van der Waals surface area contributed by atoms with Gasteiger partial charge in [-0.3, -0.25) is 19.5 Å². The Morgan fingerprint density at radius 2 is 2.14 bits per heavy atom. The number of fused-ring (bicyclic) bond motifs is 1. The minimum Gasteiger partial charge on any atom is -0.325 e. The summed E-state index contributed by atoms with van der Waals surface area (Å²) in [6.45, 7) is 9.71. The number of nitrogens with one attached hydrogen (secondary N) is 2. The average Bonchev–Trinajstić information content (AvgIpc) is 2.63. The van der Waals surface area contributed by atoms with Crippen molar-refractivity contribution in [3.8, 4) is 0 Å². The number of nitrogens with zero attached hydrogens (tertiary/aromatic N) is 3. The highest BCUT2D eigenvalue weighted by Gasteiger charge is 2.24. The molecule has 0 fully saturated rings. The number of carbonyl (C=O) groups excluding carboxylic acids is 1. The van der Waals surface area contributed by atoms with Crippen molar-refractivity contribution >= 4 is 11.6 Å². The third-order valence-corrected chi connectivity index (χ3v) is 4.91. The molecule has 0 radical (unpaired) electrons. The first-order chi connectivity index (χ1) is 13.3. The summed E-state index contributed by atoms with van der Waals surface area (Å²) in [5, 5.41) is 3.01. The van der Waals surface area contributed by atoms with Gasteiger partial charge in [0.15, 0.2) is 0 Å². The molecule has 7 heteroatoms. The van der Waals surface area contributed by atoms with Crippen LogP contribution in [0.5, 0.6) is 0 Å². The SMILES string of the molecule is CCCc1nc2c(c(=O)[nH]1)CN(Cc1cnccc1NC(=O)C(C)(C)C)CC2. The van der Waals surface area contributed by atoms with Gasteiger partial charge in [0.05, 0.1) is 11.3 Å². The summed E-state index contributed by atoms with van der Waals surface area (Å²) in [5.41, 5.74) is 2.86. The number of aromatic amines is 1. The fourth-order valence-corrected chi connectivity index (χ4v) is 3.25. The molecule has 3 rings (SSSR count).